The molecule has 1 unspecified atom stereocenters. The maximum atomic E-state index is 12.7. The van der Waals surface area contributed by atoms with Crippen LogP contribution in [-0.2, 0) is 4.79 Å². The summed E-state index contributed by atoms with van der Waals surface area (Å²) in [6.07, 6.45) is 4.54. The van der Waals surface area contributed by atoms with Gasteiger partial charge < -0.3 is 14.6 Å². The van der Waals surface area contributed by atoms with Gasteiger partial charge in [-0.1, -0.05) is 67.3 Å². The van der Waals surface area contributed by atoms with E-state index in [2.05, 4.69) is 13.2 Å². The van der Waals surface area contributed by atoms with Crippen LogP contribution in [0.25, 0.3) is 21.9 Å². The molecule has 0 aromatic heterocycles. The highest BCUT2D eigenvalue weighted by atomic mass is 16.5. The molecule has 0 amide bonds. The number of rotatable bonds is 11. The van der Waals surface area contributed by atoms with Crippen molar-refractivity contribution in [2.45, 2.75) is 18.8 Å². The van der Waals surface area contributed by atoms with E-state index in [1.54, 1.807) is 36.4 Å². The predicted octanol–water partition coefficient (Wildman–Crippen LogP) is 7.43. The van der Waals surface area contributed by atoms with E-state index in [0.29, 0.717) is 30.8 Å². The number of aliphatic carboxylic acids is 1. The summed E-state index contributed by atoms with van der Waals surface area (Å²) in [7, 11) is 0. The number of benzene rings is 4. The molecule has 5 nitrogen and oxygen atoms in total. The van der Waals surface area contributed by atoms with Crippen molar-refractivity contribution in [1.29, 1.82) is 0 Å². The van der Waals surface area contributed by atoms with E-state index >= 15 is 0 Å². The number of carboxylic acids is 1. The first-order valence-electron chi connectivity index (χ1n) is 12.0. The van der Waals surface area contributed by atoms with Crippen molar-refractivity contribution in [2.75, 3.05) is 6.61 Å². The van der Waals surface area contributed by atoms with E-state index in [9.17, 15) is 14.7 Å². The molecule has 0 fully saturated rings. The number of carbonyl (C=O) groups excluding carboxylic acids is 1. The SMILES string of the molecule is C=CCCC(C(=O)O)c1ccc2cc(OC(=O)c3ccc(-c4ccc(OCC=C)cc4)cc3)ccc2c1. The lowest BCUT2D eigenvalue weighted by molar-refractivity contribution is -0.138. The van der Waals surface area contributed by atoms with Gasteiger partial charge in [-0.15, -0.1) is 6.58 Å². The number of carbonyl (C=O) groups is 2. The molecule has 0 aliphatic rings. The maximum absolute atomic E-state index is 12.7. The molecule has 0 radical (unpaired) electrons. The quantitative estimate of drug-likeness (QED) is 0.134. The Bertz CT molecular complexity index is 1420. The molecule has 0 saturated carbocycles. The van der Waals surface area contributed by atoms with Gasteiger partial charge in [0.25, 0.3) is 0 Å². The lowest BCUT2D eigenvalue weighted by atomic mass is 9.92. The number of allylic oxidation sites excluding steroid dienone is 1. The van der Waals surface area contributed by atoms with Gasteiger partial charge in [0.2, 0.25) is 0 Å². The normalized spacial score (nSPS) is 11.5. The predicted molar refractivity (Wildman–Crippen MR) is 146 cm³/mol. The highest BCUT2D eigenvalue weighted by Gasteiger charge is 2.19. The first-order valence-corrected chi connectivity index (χ1v) is 12.0. The highest BCUT2D eigenvalue weighted by molar-refractivity contribution is 5.93. The largest absolute Gasteiger partial charge is 0.490 e. The summed E-state index contributed by atoms with van der Waals surface area (Å²) in [5.74, 6) is -0.708. The zero-order valence-electron chi connectivity index (χ0n) is 20.4. The van der Waals surface area contributed by atoms with Crippen LogP contribution in [0, 0.1) is 0 Å². The minimum absolute atomic E-state index is 0.422. The molecule has 186 valence electrons. The number of ether oxygens (including phenoxy) is 2. The molecule has 0 spiro atoms. The molecule has 0 aliphatic heterocycles. The van der Waals surface area contributed by atoms with Gasteiger partial charge in [0.1, 0.15) is 18.1 Å². The monoisotopic (exact) mass is 492 g/mol. The van der Waals surface area contributed by atoms with Crippen molar-refractivity contribution in [2.24, 2.45) is 0 Å². The number of hydrogen-bond donors (Lipinski definition) is 1. The van der Waals surface area contributed by atoms with Crippen LogP contribution in [0.5, 0.6) is 11.5 Å². The average Bonchev–Trinajstić information content (AvgIpc) is 2.92. The lowest BCUT2D eigenvalue weighted by Crippen LogP contribution is -2.11. The number of fused-ring (bicyclic) bond motifs is 1. The van der Waals surface area contributed by atoms with Crippen LogP contribution in [0.15, 0.2) is 110 Å². The molecule has 0 saturated heterocycles. The lowest BCUT2D eigenvalue weighted by Gasteiger charge is -2.13. The van der Waals surface area contributed by atoms with Gasteiger partial charge in [0.15, 0.2) is 0 Å². The Morgan fingerprint density at radius 2 is 1.41 bits per heavy atom. The van der Waals surface area contributed by atoms with Gasteiger partial charge in [0, 0.05) is 0 Å². The van der Waals surface area contributed by atoms with Crippen LogP contribution >= 0.6 is 0 Å². The standard InChI is InChI=1S/C32H28O5/c1-3-5-6-30(31(33)34)27-12-11-26-21-29(18-15-25(26)20-27)37-32(35)24-9-7-22(8-10-24)23-13-16-28(17-14-23)36-19-4-2/h3-4,7-18,20-21,30H,1-2,5-6,19H2,(H,33,34). The zero-order valence-corrected chi connectivity index (χ0v) is 20.4. The molecule has 1 N–H and O–H groups in total. The highest BCUT2D eigenvalue weighted by Crippen LogP contribution is 2.29. The minimum atomic E-state index is -0.854. The summed E-state index contributed by atoms with van der Waals surface area (Å²) < 4.78 is 11.1. The second-order valence-corrected chi connectivity index (χ2v) is 8.62. The minimum Gasteiger partial charge on any atom is -0.490 e. The Labute approximate surface area is 216 Å². The maximum Gasteiger partial charge on any atom is 0.343 e. The van der Waals surface area contributed by atoms with E-state index < -0.39 is 17.9 Å². The Balaban J connectivity index is 1.45. The Morgan fingerprint density at radius 3 is 2.05 bits per heavy atom. The third-order valence-corrected chi connectivity index (χ3v) is 6.08. The van der Waals surface area contributed by atoms with E-state index in [4.69, 9.17) is 9.47 Å². The van der Waals surface area contributed by atoms with E-state index in [-0.39, 0.29) is 0 Å². The van der Waals surface area contributed by atoms with Crippen molar-refractivity contribution in [3.8, 4) is 22.6 Å². The molecule has 5 heteroatoms. The van der Waals surface area contributed by atoms with E-state index in [1.807, 2.05) is 60.7 Å². The van der Waals surface area contributed by atoms with Crippen LogP contribution in [0.4, 0.5) is 0 Å². The number of hydrogen-bond acceptors (Lipinski definition) is 4. The Morgan fingerprint density at radius 1 is 0.784 bits per heavy atom. The van der Waals surface area contributed by atoms with Crippen LogP contribution in [0.1, 0.15) is 34.7 Å². The van der Waals surface area contributed by atoms with Gasteiger partial charge >= 0.3 is 11.9 Å². The van der Waals surface area contributed by atoms with Crippen molar-refractivity contribution >= 4 is 22.7 Å². The van der Waals surface area contributed by atoms with Gasteiger partial charge in [-0.05, 0) is 76.7 Å². The molecule has 4 rings (SSSR count). The third kappa shape index (κ3) is 6.33. The summed E-state index contributed by atoms with van der Waals surface area (Å²) in [6, 6.07) is 25.8. The van der Waals surface area contributed by atoms with Crippen LogP contribution < -0.4 is 9.47 Å². The van der Waals surface area contributed by atoms with Crippen LogP contribution in [-0.4, -0.2) is 23.7 Å². The fourth-order valence-electron chi connectivity index (χ4n) is 4.10. The molecular formula is C32H28O5. The Hall–Kier alpha value is -4.64. The second-order valence-electron chi connectivity index (χ2n) is 8.62. The van der Waals surface area contributed by atoms with Crippen molar-refractivity contribution in [1.82, 2.24) is 0 Å². The van der Waals surface area contributed by atoms with Crippen LogP contribution in [0.2, 0.25) is 0 Å². The van der Waals surface area contributed by atoms with E-state index in [1.165, 1.54) is 0 Å². The molecule has 4 aromatic carbocycles. The van der Waals surface area contributed by atoms with Gasteiger partial charge in [-0.3, -0.25) is 4.79 Å². The summed E-state index contributed by atoms with van der Waals surface area (Å²) in [4.78, 5) is 24.4. The van der Waals surface area contributed by atoms with Crippen molar-refractivity contribution in [3.63, 3.8) is 0 Å². The summed E-state index contributed by atoms with van der Waals surface area (Å²) in [6.45, 7) is 7.77. The van der Waals surface area contributed by atoms with Gasteiger partial charge in [-0.2, -0.15) is 0 Å². The number of esters is 1. The topological polar surface area (TPSA) is 72.8 Å². The smallest absolute Gasteiger partial charge is 0.343 e. The van der Waals surface area contributed by atoms with Gasteiger partial charge in [0.05, 0.1) is 11.5 Å². The first kappa shape index (κ1) is 25.5. The summed E-state index contributed by atoms with van der Waals surface area (Å²) in [5.41, 5.74) is 3.16. The first-order chi connectivity index (χ1) is 18.0. The van der Waals surface area contributed by atoms with Crippen molar-refractivity contribution < 1.29 is 24.2 Å². The molecule has 37 heavy (non-hydrogen) atoms. The fourth-order valence-corrected chi connectivity index (χ4v) is 4.10. The van der Waals surface area contributed by atoms with E-state index in [0.717, 1.165) is 33.2 Å². The molecule has 0 heterocycles. The third-order valence-electron chi connectivity index (χ3n) is 6.08. The second kappa shape index (κ2) is 11.9. The zero-order chi connectivity index (χ0) is 26.2. The van der Waals surface area contributed by atoms with Crippen molar-refractivity contribution in [3.05, 3.63) is 121 Å². The van der Waals surface area contributed by atoms with Crippen LogP contribution in [0.3, 0.4) is 0 Å². The molecule has 1 atom stereocenters. The Kier molecular flexibility index (Phi) is 8.16. The fraction of sp³-hybridized carbons (Fsp3) is 0.125. The summed E-state index contributed by atoms with van der Waals surface area (Å²) >= 11 is 0. The average molecular weight is 493 g/mol. The van der Waals surface area contributed by atoms with Gasteiger partial charge in [-0.25, -0.2) is 4.79 Å². The molecular weight excluding hydrogens is 464 g/mol. The summed E-state index contributed by atoms with van der Waals surface area (Å²) in [5, 5.41) is 11.3. The molecule has 0 bridgehead atoms. The number of carboxylic acid groups (broad SMARTS) is 1. The molecule has 0 aliphatic carbocycles. The molecule has 4 aromatic rings.